The second-order valence-electron chi connectivity index (χ2n) is 6.99. The zero-order valence-electron chi connectivity index (χ0n) is 14.6. The van der Waals surface area contributed by atoms with Crippen LogP contribution in [0.4, 0.5) is 0 Å². The zero-order valence-corrected chi connectivity index (χ0v) is 14.6. The molecule has 0 heterocycles. The van der Waals surface area contributed by atoms with Crippen LogP contribution in [0.5, 0.6) is 0 Å². The predicted molar refractivity (Wildman–Crippen MR) is 91.2 cm³/mol. The van der Waals surface area contributed by atoms with E-state index >= 15 is 0 Å². The molecular formula is C19H33NO. The maximum Gasteiger partial charge on any atom is 0.247 e. The van der Waals surface area contributed by atoms with Gasteiger partial charge >= 0.3 is 0 Å². The highest BCUT2D eigenvalue weighted by atomic mass is 16.1. The van der Waals surface area contributed by atoms with Gasteiger partial charge in [0.25, 0.3) is 0 Å². The van der Waals surface area contributed by atoms with Crippen LogP contribution >= 0.6 is 0 Å². The summed E-state index contributed by atoms with van der Waals surface area (Å²) in [4.78, 5) is 12.7. The first-order valence-corrected chi connectivity index (χ1v) is 8.58. The molecule has 0 aliphatic heterocycles. The van der Waals surface area contributed by atoms with Gasteiger partial charge in [-0.25, -0.2) is 0 Å². The van der Waals surface area contributed by atoms with E-state index in [2.05, 4.69) is 46.0 Å². The minimum absolute atomic E-state index is 0.144. The average molecular weight is 291 g/mol. The van der Waals surface area contributed by atoms with Gasteiger partial charge in [-0.1, -0.05) is 57.6 Å². The maximum atomic E-state index is 12.7. The summed E-state index contributed by atoms with van der Waals surface area (Å²) in [6.45, 7) is 10.4. The number of allylic oxidation sites excluding steroid dienone is 3. The molecule has 0 saturated heterocycles. The Labute approximate surface area is 131 Å². The summed E-state index contributed by atoms with van der Waals surface area (Å²) in [6.07, 6.45) is 10.9. The van der Waals surface area contributed by atoms with Crippen LogP contribution in [0, 0.1) is 5.92 Å². The first-order valence-electron chi connectivity index (χ1n) is 8.58. The Hall–Kier alpha value is -1.05. The lowest BCUT2D eigenvalue weighted by atomic mass is 9.93. The van der Waals surface area contributed by atoms with E-state index in [4.69, 9.17) is 0 Å². The molecule has 120 valence electrons. The van der Waals surface area contributed by atoms with Crippen LogP contribution in [-0.2, 0) is 4.79 Å². The molecule has 0 aromatic carbocycles. The van der Waals surface area contributed by atoms with Crippen LogP contribution in [0.15, 0.2) is 22.8 Å². The third kappa shape index (κ3) is 6.50. The lowest BCUT2D eigenvalue weighted by Crippen LogP contribution is -2.37. The van der Waals surface area contributed by atoms with Crippen LogP contribution in [0.1, 0.15) is 79.6 Å². The monoisotopic (exact) mass is 291 g/mol. The molecule has 1 rings (SSSR count). The van der Waals surface area contributed by atoms with Gasteiger partial charge in [-0.15, -0.1) is 0 Å². The molecule has 1 saturated carbocycles. The second-order valence-corrected chi connectivity index (χ2v) is 6.99. The van der Waals surface area contributed by atoms with Crippen molar-refractivity contribution in [1.29, 1.82) is 0 Å². The van der Waals surface area contributed by atoms with Crippen LogP contribution in [-0.4, -0.2) is 11.9 Å². The Morgan fingerprint density at radius 2 is 1.52 bits per heavy atom. The number of amides is 1. The van der Waals surface area contributed by atoms with Crippen molar-refractivity contribution in [2.75, 3.05) is 0 Å². The molecule has 1 aliphatic carbocycles. The molecule has 2 nitrogen and oxygen atoms in total. The highest BCUT2D eigenvalue weighted by Crippen LogP contribution is 2.21. The molecule has 0 aromatic heterocycles. The first kappa shape index (κ1) is 18.0. The molecule has 0 radical (unpaired) electrons. The molecule has 1 N–H and O–H groups in total. The molecule has 1 aliphatic rings. The minimum Gasteiger partial charge on any atom is -0.350 e. The summed E-state index contributed by atoms with van der Waals surface area (Å²) in [7, 11) is 0. The molecule has 0 aromatic rings. The van der Waals surface area contributed by atoms with Gasteiger partial charge in [-0.2, -0.15) is 0 Å². The number of carbonyl (C=O) groups is 1. The van der Waals surface area contributed by atoms with Gasteiger partial charge in [0.1, 0.15) is 0 Å². The van der Waals surface area contributed by atoms with Crippen molar-refractivity contribution in [1.82, 2.24) is 5.32 Å². The Bertz CT molecular complexity index is 392. The highest BCUT2D eigenvalue weighted by Gasteiger charge is 2.20. The number of carbonyl (C=O) groups excluding carboxylic acids is 1. The fraction of sp³-hybridized carbons (Fsp3) is 0.737. The van der Waals surface area contributed by atoms with Gasteiger partial charge in [-0.05, 0) is 45.1 Å². The Morgan fingerprint density at radius 1 is 1.00 bits per heavy atom. The smallest absolute Gasteiger partial charge is 0.247 e. The predicted octanol–water partition coefficient (Wildman–Crippen LogP) is 5.15. The van der Waals surface area contributed by atoms with E-state index in [0.29, 0.717) is 6.04 Å². The van der Waals surface area contributed by atoms with Crippen molar-refractivity contribution < 1.29 is 4.79 Å². The topological polar surface area (TPSA) is 29.1 Å². The summed E-state index contributed by atoms with van der Waals surface area (Å²) >= 11 is 0. The van der Waals surface area contributed by atoms with Gasteiger partial charge in [0, 0.05) is 11.6 Å². The Kier molecular flexibility index (Phi) is 7.77. The van der Waals surface area contributed by atoms with Crippen LogP contribution in [0.3, 0.4) is 0 Å². The third-order valence-electron chi connectivity index (χ3n) is 4.19. The van der Waals surface area contributed by atoms with Gasteiger partial charge in [0.2, 0.25) is 5.91 Å². The molecule has 0 spiro atoms. The highest BCUT2D eigenvalue weighted by molar-refractivity contribution is 5.95. The zero-order chi connectivity index (χ0) is 15.8. The van der Waals surface area contributed by atoms with Crippen LogP contribution in [0.2, 0.25) is 0 Å². The summed E-state index contributed by atoms with van der Waals surface area (Å²) in [5.41, 5.74) is 3.29. The van der Waals surface area contributed by atoms with Crippen molar-refractivity contribution in [3.05, 3.63) is 22.8 Å². The Morgan fingerprint density at radius 3 is 2.00 bits per heavy atom. The van der Waals surface area contributed by atoms with Crippen molar-refractivity contribution >= 4 is 5.91 Å². The number of hydrogen-bond donors (Lipinski definition) is 1. The van der Waals surface area contributed by atoms with E-state index in [0.717, 1.165) is 24.0 Å². The fourth-order valence-corrected chi connectivity index (χ4v) is 3.27. The summed E-state index contributed by atoms with van der Waals surface area (Å²) in [5, 5.41) is 3.30. The minimum atomic E-state index is 0.144. The molecule has 0 unspecified atom stereocenters. The molecule has 0 atom stereocenters. The normalized spacial score (nSPS) is 18.6. The summed E-state index contributed by atoms with van der Waals surface area (Å²) in [5.74, 6) is 0.403. The van der Waals surface area contributed by atoms with Crippen molar-refractivity contribution in [3.8, 4) is 0 Å². The summed E-state index contributed by atoms with van der Waals surface area (Å²) < 4.78 is 0. The SMILES string of the molecule is CC(C)=C/C(C)=C(/C(=O)NC1CCCCCCC1)C(C)C. The maximum absolute atomic E-state index is 12.7. The quantitative estimate of drug-likeness (QED) is 0.563. The van der Waals surface area contributed by atoms with E-state index in [9.17, 15) is 4.79 Å². The van der Waals surface area contributed by atoms with Crippen molar-refractivity contribution in [2.24, 2.45) is 5.92 Å². The van der Waals surface area contributed by atoms with Gasteiger partial charge in [0.05, 0.1) is 0 Å². The van der Waals surface area contributed by atoms with Gasteiger partial charge in [-0.3, -0.25) is 4.79 Å². The largest absolute Gasteiger partial charge is 0.350 e. The molecule has 1 amide bonds. The fourth-order valence-electron chi connectivity index (χ4n) is 3.27. The number of hydrogen-bond acceptors (Lipinski definition) is 1. The number of nitrogens with one attached hydrogen (secondary N) is 1. The van der Waals surface area contributed by atoms with Crippen molar-refractivity contribution in [3.63, 3.8) is 0 Å². The molecule has 2 heteroatoms. The third-order valence-corrected chi connectivity index (χ3v) is 4.19. The average Bonchev–Trinajstić information content (AvgIpc) is 2.30. The molecule has 1 fully saturated rings. The first-order chi connectivity index (χ1) is 9.91. The second kappa shape index (κ2) is 9.07. The van der Waals surface area contributed by atoms with E-state index in [1.54, 1.807) is 0 Å². The van der Waals surface area contributed by atoms with Crippen LogP contribution in [0.25, 0.3) is 0 Å². The van der Waals surface area contributed by atoms with Gasteiger partial charge < -0.3 is 5.32 Å². The lowest BCUT2D eigenvalue weighted by Gasteiger charge is -2.23. The molecule has 21 heavy (non-hydrogen) atoms. The summed E-state index contributed by atoms with van der Waals surface area (Å²) in [6, 6.07) is 0.367. The number of rotatable bonds is 4. The van der Waals surface area contributed by atoms with Gasteiger partial charge in [0.15, 0.2) is 0 Å². The van der Waals surface area contributed by atoms with E-state index in [1.807, 2.05) is 0 Å². The molecule has 0 bridgehead atoms. The standard InChI is InChI=1S/C19H33NO/c1-14(2)13-16(5)18(15(3)4)19(21)20-17-11-9-7-6-8-10-12-17/h13,15,17H,6-12H2,1-5H3,(H,20,21)/b18-16+. The van der Waals surface area contributed by atoms with E-state index in [-0.39, 0.29) is 11.8 Å². The van der Waals surface area contributed by atoms with E-state index in [1.165, 1.54) is 37.7 Å². The van der Waals surface area contributed by atoms with E-state index < -0.39 is 0 Å². The van der Waals surface area contributed by atoms with Crippen molar-refractivity contribution in [2.45, 2.75) is 85.6 Å². The lowest BCUT2D eigenvalue weighted by molar-refractivity contribution is -0.118. The Balaban J connectivity index is 2.79. The van der Waals surface area contributed by atoms with Crippen LogP contribution < -0.4 is 5.32 Å². The molecular weight excluding hydrogens is 258 g/mol.